The van der Waals surface area contributed by atoms with Crippen molar-refractivity contribution in [3.8, 4) is 0 Å². The molecule has 2 N–H and O–H groups in total. The fourth-order valence-corrected chi connectivity index (χ4v) is 3.47. The number of hydrogen-bond acceptors (Lipinski definition) is 5. The van der Waals surface area contributed by atoms with Gasteiger partial charge >= 0.3 is 0 Å². The van der Waals surface area contributed by atoms with Gasteiger partial charge in [-0.15, -0.1) is 0 Å². The van der Waals surface area contributed by atoms with Gasteiger partial charge in [0.1, 0.15) is 23.2 Å². The van der Waals surface area contributed by atoms with Crippen molar-refractivity contribution in [3.05, 3.63) is 53.5 Å². The number of nitrogens with zero attached hydrogens (tertiary/aromatic N) is 3. The molecule has 132 valence electrons. The minimum atomic E-state index is -0.104. The maximum Gasteiger partial charge on any atom is 0.246 e. The topological polar surface area (TPSA) is 91.0 Å². The molecule has 1 saturated heterocycles. The van der Waals surface area contributed by atoms with E-state index in [9.17, 15) is 9.59 Å². The van der Waals surface area contributed by atoms with E-state index in [4.69, 9.17) is 0 Å². The number of amides is 1. The number of likely N-dealkylation sites (tertiary alicyclic amines) is 1. The maximum absolute atomic E-state index is 13.0. The van der Waals surface area contributed by atoms with Crippen LogP contribution in [-0.2, 0) is 4.79 Å². The first-order valence-electron chi connectivity index (χ1n) is 8.61. The van der Waals surface area contributed by atoms with Gasteiger partial charge < -0.3 is 15.2 Å². The van der Waals surface area contributed by atoms with Crippen molar-refractivity contribution in [3.63, 3.8) is 0 Å². The van der Waals surface area contributed by atoms with Gasteiger partial charge in [-0.1, -0.05) is 18.7 Å². The van der Waals surface area contributed by atoms with Gasteiger partial charge in [-0.05, 0) is 31.1 Å². The lowest BCUT2D eigenvalue weighted by Gasteiger charge is -2.32. The fourth-order valence-electron chi connectivity index (χ4n) is 3.47. The van der Waals surface area contributed by atoms with Crippen LogP contribution in [0.15, 0.2) is 48.0 Å². The molecule has 1 atom stereocenters. The second kappa shape index (κ2) is 6.59. The third-order valence-corrected chi connectivity index (χ3v) is 4.75. The van der Waals surface area contributed by atoms with Gasteiger partial charge in [0, 0.05) is 24.5 Å². The second-order valence-corrected chi connectivity index (χ2v) is 6.42. The highest BCUT2D eigenvalue weighted by atomic mass is 16.2. The smallest absolute Gasteiger partial charge is 0.246 e. The molecular weight excluding hydrogens is 330 g/mol. The van der Waals surface area contributed by atoms with Crippen molar-refractivity contribution in [2.24, 2.45) is 0 Å². The number of nitrogens with one attached hydrogen (secondary N) is 2. The van der Waals surface area contributed by atoms with E-state index in [0.29, 0.717) is 28.8 Å². The summed E-state index contributed by atoms with van der Waals surface area (Å²) in [6, 6.07) is 7.37. The average Bonchev–Trinajstić information content (AvgIpc) is 2.68. The van der Waals surface area contributed by atoms with E-state index in [1.807, 2.05) is 18.2 Å². The first-order chi connectivity index (χ1) is 12.7. The summed E-state index contributed by atoms with van der Waals surface area (Å²) >= 11 is 0. The standard InChI is InChI=1S/C19H19N5O2/c1-2-15(25)24-9-5-6-12(10-24)22-18-16-17(26)13-7-3-4-8-14(13)23-19(16)21-11-20-18/h2-4,7-8,11-12H,1,5-6,9-10H2,(H2,20,21,22,23,26)/t12-/m1/s1. The first-order valence-corrected chi connectivity index (χ1v) is 8.61. The average molecular weight is 349 g/mol. The van der Waals surface area contributed by atoms with Crippen molar-refractivity contribution in [2.45, 2.75) is 18.9 Å². The second-order valence-electron chi connectivity index (χ2n) is 6.42. The van der Waals surface area contributed by atoms with E-state index in [2.05, 4.69) is 26.8 Å². The summed E-state index contributed by atoms with van der Waals surface area (Å²) in [6.45, 7) is 4.83. The van der Waals surface area contributed by atoms with E-state index >= 15 is 0 Å². The summed E-state index contributed by atoms with van der Waals surface area (Å²) in [7, 11) is 0. The van der Waals surface area contributed by atoms with Crippen LogP contribution in [-0.4, -0.2) is 44.9 Å². The Balaban J connectivity index is 1.73. The Morgan fingerprint density at radius 2 is 2.19 bits per heavy atom. The van der Waals surface area contributed by atoms with Crippen LogP contribution in [0.4, 0.5) is 5.82 Å². The largest absolute Gasteiger partial charge is 0.365 e. The molecule has 26 heavy (non-hydrogen) atoms. The molecule has 7 nitrogen and oxygen atoms in total. The van der Waals surface area contributed by atoms with Crippen LogP contribution in [0.3, 0.4) is 0 Å². The number of anilines is 1. The zero-order chi connectivity index (χ0) is 18.1. The van der Waals surface area contributed by atoms with Crippen molar-refractivity contribution < 1.29 is 4.79 Å². The van der Waals surface area contributed by atoms with Gasteiger partial charge in [0.25, 0.3) is 0 Å². The highest BCUT2D eigenvalue weighted by Crippen LogP contribution is 2.21. The third kappa shape index (κ3) is 2.81. The van der Waals surface area contributed by atoms with E-state index in [-0.39, 0.29) is 17.4 Å². The first kappa shape index (κ1) is 16.3. The van der Waals surface area contributed by atoms with Crippen LogP contribution < -0.4 is 10.7 Å². The zero-order valence-electron chi connectivity index (χ0n) is 14.2. The van der Waals surface area contributed by atoms with Crippen LogP contribution in [0.25, 0.3) is 21.9 Å². The van der Waals surface area contributed by atoms with Crippen LogP contribution in [0.5, 0.6) is 0 Å². The van der Waals surface area contributed by atoms with Crippen LogP contribution in [0.2, 0.25) is 0 Å². The van der Waals surface area contributed by atoms with Crippen molar-refractivity contribution in [1.82, 2.24) is 19.9 Å². The minimum Gasteiger partial charge on any atom is -0.365 e. The van der Waals surface area contributed by atoms with Crippen molar-refractivity contribution >= 4 is 33.7 Å². The number of piperidine rings is 1. The number of aromatic nitrogens is 3. The lowest BCUT2D eigenvalue weighted by molar-refractivity contribution is -0.127. The van der Waals surface area contributed by atoms with Crippen LogP contribution in [0.1, 0.15) is 12.8 Å². The molecular formula is C19H19N5O2. The van der Waals surface area contributed by atoms with Crippen molar-refractivity contribution in [2.75, 3.05) is 18.4 Å². The van der Waals surface area contributed by atoms with Gasteiger partial charge in [0.2, 0.25) is 11.3 Å². The molecule has 4 rings (SSSR count). The van der Waals surface area contributed by atoms with E-state index in [0.717, 1.165) is 24.9 Å². The predicted octanol–water partition coefficient (Wildman–Crippen LogP) is 2.06. The minimum absolute atomic E-state index is 0.0246. The molecule has 1 aromatic carbocycles. The van der Waals surface area contributed by atoms with E-state index in [1.165, 1.54) is 12.4 Å². The molecule has 0 saturated carbocycles. The molecule has 3 heterocycles. The number of H-pyrrole nitrogens is 1. The number of fused-ring (bicyclic) bond motifs is 2. The summed E-state index contributed by atoms with van der Waals surface area (Å²) in [6.07, 6.45) is 4.56. The van der Waals surface area contributed by atoms with Crippen LogP contribution in [0, 0.1) is 0 Å². The molecule has 7 heteroatoms. The molecule has 0 bridgehead atoms. The normalized spacial score (nSPS) is 17.4. The SMILES string of the molecule is C=CC(=O)N1CCC[C@@H](Nc2ncnc3[nH]c4ccccc4c(=O)c23)C1. The summed E-state index contributed by atoms with van der Waals surface area (Å²) < 4.78 is 0. The monoisotopic (exact) mass is 349 g/mol. The Kier molecular flexibility index (Phi) is 4.12. The molecule has 1 amide bonds. The molecule has 1 fully saturated rings. The lowest BCUT2D eigenvalue weighted by Crippen LogP contribution is -2.44. The number of benzene rings is 1. The Morgan fingerprint density at radius 1 is 1.35 bits per heavy atom. The Morgan fingerprint density at radius 3 is 3.04 bits per heavy atom. The van der Waals surface area contributed by atoms with E-state index in [1.54, 1.807) is 11.0 Å². The van der Waals surface area contributed by atoms with Gasteiger partial charge in [-0.3, -0.25) is 9.59 Å². The molecule has 0 unspecified atom stereocenters. The fraction of sp³-hybridized carbons (Fsp3) is 0.263. The number of aromatic amines is 1. The number of pyridine rings is 1. The highest BCUT2D eigenvalue weighted by molar-refractivity contribution is 5.96. The van der Waals surface area contributed by atoms with Gasteiger partial charge in [0.15, 0.2) is 0 Å². The van der Waals surface area contributed by atoms with Gasteiger partial charge in [-0.2, -0.15) is 0 Å². The maximum atomic E-state index is 13.0. The Hall–Kier alpha value is -3.22. The number of carbonyl (C=O) groups is 1. The zero-order valence-corrected chi connectivity index (χ0v) is 14.2. The molecule has 2 aromatic heterocycles. The van der Waals surface area contributed by atoms with E-state index < -0.39 is 0 Å². The molecule has 0 aliphatic carbocycles. The quantitative estimate of drug-likeness (QED) is 0.558. The summed E-state index contributed by atoms with van der Waals surface area (Å²) in [5.74, 6) is 0.424. The highest BCUT2D eigenvalue weighted by Gasteiger charge is 2.23. The Labute approximate surface area is 149 Å². The third-order valence-electron chi connectivity index (χ3n) is 4.75. The predicted molar refractivity (Wildman–Crippen MR) is 101 cm³/mol. The number of carbonyl (C=O) groups excluding carboxylic acids is 1. The molecule has 0 spiro atoms. The molecule has 3 aromatic rings. The number of rotatable bonds is 3. The van der Waals surface area contributed by atoms with Crippen molar-refractivity contribution in [1.29, 1.82) is 0 Å². The lowest BCUT2D eigenvalue weighted by atomic mass is 10.1. The van der Waals surface area contributed by atoms with Gasteiger partial charge in [0.05, 0.1) is 5.52 Å². The summed E-state index contributed by atoms with van der Waals surface area (Å²) in [4.78, 5) is 38.3. The van der Waals surface area contributed by atoms with Crippen LogP contribution >= 0.6 is 0 Å². The summed E-state index contributed by atoms with van der Waals surface area (Å²) in [5, 5.41) is 4.38. The molecule has 0 radical (unpaired) electrons. The molecule has 1 aliphatic rings. The number of para-hydroxylation sites is 1. The number of hydrogen-bond donors (Lipinski definition) is 2. The summed E-state index contributed by atoms with van der Waals surface area (Å²) in [5.41, 5.74) is 1.14. The van der Waals surface area contributed by atoms with Gasteiger partial charge in [-0.25, -0.2) is 9.97 Å². The Bertz CT molecular complexity index is 1060. The molecule has 1 aliphatic heterocycles.